The minimum absolute atomic E-state index is 0.106. The van der Waals surface area contributed by atoms with E-state index in [2.05, 4.69) is 31.2 Å². The summed E-state index contributed by atoms with van der Waals surface area (Å²) in [5, 5.41) is 0. The molecule has 0 N–H and O–H groups in total. The van der Waals surface area contributed by atoms with E-state index in [-0.39, 0.29) is 24.3 Å². The Morgan fingerprint density at radius 1 is 0.667 bits per heavy atom. The van der Waals surface area contributed by atoms with Crippen LogP contribution < -0.4 is 4.74 Å². The van der Waals surface area contributed by atoms with Gasteiger partial charge in [-0.25, -0.2) is 9.59 Å². The molecular weight excluding hydrogens is 541 g/mol. The van der Waals surface area contributed by atoms with Gasteiger partial charge in [0, 0.05) is 6.42 Å². The number of carbonyl (C=O) groups excluding carboxylic acids is 2. The molecule has 7 heteroatoms. The zero-order valence-corrected chi connectivity index (χ0v) is 24.4. The van der Waals surface area contributed by atoms with Crippen molar-refractivity contribution in [3.05, 3.63) is 89.5 Å². The monoisotopic (exact) mass is 582 g/mol. The first-order chi connectivity index (χ1) is 20.3. The van der Waals surface area contributed by atoms with Crippen LogP contribution in [0, 0.1) is 0 Å². The van der Waals surface area contributed by atoms with Crippen molar-refractivity contribution in [2.45, 2.75) is 90.1 Å². The Labute approximate surface area is 247 Å². The van der Waals surface area contributed by atoms with Gasteiger partial charge in [-0.2, -0.15) is 13.2 Å². The first kappa shape index (κ1) is 32.9. The number of aryl methyl sites for hydroxylation is 1. The number of hydrogen-bond donors (Lipinski definition) is 0. The molecule has 0 bridgehead atoms. The number of ether oxygens (including phenoxy) is 2. The molecule has 4 nitrogen and oxygen atoms in total. The molecular formula is C35H41F3O4. The molecule has 0 unspecified atom stereocenters. The maximum atomic E-state index is 12.9. The van der Waals surface area contributed by atoms with Gasteiger partial charge in [0.2, 0.25) is 0 Å². The third-order valence-corrected chi connectivity index (χ3v) is 7.12. The van der Waals surface area contributed by atoms with Crippen LogP contribution in [0.1, 0.15) is 104 Å². The summed E-state index contributed by atoms with van der Waals surface area (Å²) in [5.74, 6) is -1.09. The van der Waals surface area contributed by atoms with E-state index in [4.69, 9.17) is 9.47 Å². The first-order valence-electron chi connectivity index (χ1n) is 15.0. The van der Waals surface area contributed by atoms with E-state index < -0.39 is 24.5 Å². The molecule has 3 aromatic rings. The number of alkyl halides is 3. The van der Waals surface area contributed by atoms with Gasteiger partial charge in [0.15, 0.2) is 0 Å². The Balaban J connectivity index is 1.47. The van der Waals surface area contributed by atoms with Crippen LogP contribution in [0.2, 0.25) is 0 Å². The lowest BCUT2D eigenvalue weighted by atomic mass is 10.00. The summed E-state index contributed by atoms with van der Waals surface area (Å²) >= 11 is 0. The molecule has 0 atom stereocenters. The maximum Gasteiger partial charge on any atom is 0.389 e. The molecule has 0 amide bonds. The highest BCUT2D eigenvalue weighted by Gasteiger charge is 2.25. The van der Waals surface area contributed by atoms with Gasteiger partial charge in [0.1, 0.15) is 11.3 Å². The number of benzene rings is 3. The molecule has 0 fully saturated rings. The summed E-state index contributed by atoms with van der Waals surface area (Å²) in [6.45, 7) is 2.36. The average Bonchev–Trinajstić information content (AvgIpc) is 2.98. The average molecular weight is 583 g/mol. The summed E-state index contributed by atoms with van der Waals surface area (Å²) in [6.07, 6.45) is 4.95. The lowest BCUT2D eigenvalue weighted by molar-refractivity contribution is -0.135. The third-order valence-electron chi connectivity index (χ3n) is 7.12. The van der Waals surface area contributed by atoms with Crippen molar-refractivity contribution >= 4 is 11.9 Å². The summed E-state index contributed by atoms with van der Waals surface area (Å²) in [5.41, 5.74) is 3.88. The largest absolute Gasteiger partial charge is 0.462 e. The van der Waals surface area contributed by atoms with Gasteiger partial charge in [0.05, 0.1) is 12.2 Å². The van der Waals surface area contributed by atoms with E-state index in [1.165, 1.54) is 49.8 Å². The summed E-state index contributed by atoms with van der Waals surface area (Å²) in [7, 11) is 0. The smallest absolute Gasteiger partial charge is 0.389 e. The Bertz CT molecular complexity index is 1230. The minimum Gasteiger partial charge on any atom is -0.462 e. The fourth-order valence-corrected chi connectivity index (χ4v) is 4.68. The van der Waals surface area contributed by atoms with Gasteiger partial charge in [0.25, 0.3) is 0 Å². The normalized spacial score (nSPS) is 11.3. The molecule has 0 radical (unpaired) electrons. The molecule has 0 aromatic heterocycles. The fraction of sp³-hybridized carbons (Fsp3) is 0.429. The number of rotatable bonds is 17. The summed E-state index contributed by atoms with van der Waals surface area (Å²) in [4.78, 5) is 25.5. The molecule has 42 heavy (non-hydrogen) atoms. The number of esters is 2. The first-order valence-corrected chi connectivity index (χ1v) is 15.0. The molecule has 3 aromatic carbocycles. The Hall–Kier alpha value is -3.61. The molecule has 0 aliphatic rings. The molecule has 0 aliphatic carbocycles. The van der Waals surface area contributed by atoms with Gasteiger partial charge in [-0.15, -0.1) is 0 Å². The molecule has 0 spiro atoms. The van der Waals surface area contributed by atoms with Crippen LogP contribution in [-0.2, 0) is 11.2 Å². The fourth-order valence-electron chi connectivity index (χ4n) is 4.68. The van der Waals surface area contributed by atoms with Gasteiger partial charge in [-0.05, 0) is 66.6 Å². The number of unbranched alkanes of at least 4 members (excludes halogenated alkanes) is 8. The number of hydrogen-bond acceptors (Lipinski definition) is 4. The maximum absolute atomic E-state index is 12.9. The summed E-state index contributed by atoms with van der Waals surface area (Å²) in [6, 6.07) is 22.1. The van der Waals surface area contributed by atoms with Crippen molar-refractivity contribution in [2.24, 2.45) is 0 Å². The predicted octanol–water partition coefficient (Wildman–Crippen LogP) is 10.1. The highest BCUT2D eigenvalue weighted by molar-refractivity contribution is 5.96. The van der Waals surface area contributed by atoms with Crippen molar-refractivity contribution in [1.82, 2.24) is 0 Å². The van der Waals surface area contributed by atoms with Crippen LogP contribution in [-0.4, -0.2) is 24.7 Å². The van der Waals surface area contributed by atoms with Crippen LogP contribution >= 0.6 is 0 Å². The molecule has 3 rings (SSSR count). The second-order valence-electron chi connectivity index (χ2n) is 10.6. The van der Waals surface area contributed by atoms with Gasteiger partial charge >= 0.3 is 18.1 Å². The van der Waals surface area contributed by atoms with Crippen molar-refractivity contribution in [1.29, 1.82) is 0 Å². The molecule has 0 saturated heterocycles. The lowest BCUT2D eigenvalue weighted by Crippen LogP contribution is -2.13. The Morgan fingerprint density at radius 3 is 1.95 bits per heavy atom. The van der Waals surface area contributed by atoms with E-state index >= 15 is 0 Å². The molecule has 0 heterocycles. The number of carbonyl (C=O) groups is 2. The van der Waals surface area contributed by atoms with Crippen molar-refractivity contribution in [3.63, 3.8) is 0 Å². The van der Waals surface area contributed by atoms with Crippen molar-refractivity contribution < 1.29 is 32.2 Å². The molecule has 0 aliphatic heterocycles. The highest BCUT2D eigenvalue weighted by Crippen LogP contribution is 2.25. The quantitative estimate of drug-likeness (QED) is 0.0903. The zero-order valence-electron chi connectivity index (χ0n) is 24.4. The Kier molecular flexibility index (Phi) is 13.6. The second-order valence-corrected chi connectivity index (χ2v) is 10.6. The van der Waals surface area contributed by atoms with Crippen molar-refractivity contribution in [2.75, 3.05) is 6.61 Å². The number of halogens is 3. The SMILES string of the molecule is CCCCCCCc1ccc(-c2ccc(C(=O)Oc3ccccc3C(=O)OCCCCCCCC(F)(F)F)cc2)cc1. The Morgan fingerprint density at radius 2 is 1.26 bits per heavy atom. The van der Waals surface area contributed by atoms with E-state index in [1.54, 1.807) is 24.3 Å². The van der Waals surface area contributed by atoms with Gasteiger partial charge in [-0.3, -0.25) is 0 Å². The third kappa shape index (κ3) is 11.7. The lowest BCUT2D eigenvalue weighted by Gasteiger charge is -2.11. The van der Waals surface area contributed by atoms with Gasteiger partial charge < -0.3 is 9.47 Å². The van der Waals surface area contributed by atoms with Crippen LogP contribution in [0.3, 0.4) is 0 Å². The van der Waals surface area contributed by atoms with E-state index in [1.807, 2.05) is 12.1 Å². The summed E-state index contributed by atoms with van der Waals surface area (Å²) < 4.78 is 47.5. The van der Waals surface area contributed by atoms with E-state index in [9.17, 15) is 22.8 Å². The zero-order chi connectivity index (χ0) is 30.2. The predicted molar refractivity (Wildman–Crippen MR) is 160 cm³/mol. The van der Waals surface area contributed by atoms with Crippen LogP contribution in [0.4, 0.5) is 13.2 Å². The van der Waals surface area contributed by atoms with Crippen molar-refractivity contribution in [3.8, 4) is 16.9 Å². The molecule has 226 valence electrons. The molecule has 0 saturated carbocycles. The highest BCUT2D eigenvalue weighted by atomic mass is 19.4. The van der Waals surface area contributed by atoms with Crippen LogP contribution in [0.5, 0.6) is 5.75 Å². The van der Waals surface area contributed by atoms with E-state index in [0.29, 0.717) is 31.2 Å². The topological polar surface area (TPSA) is 52.6 Å². The number of para-hydroxylation sites is 1. The second kappa shape index (κ2) is 17.4. The minimum atomic E-state index is -4.12. The van der Waals surface area contributed by atoms with Gasteiger partial charge in [-0.1, -0.05) is 100 Å². The van der Waals surface area contributed by atoms with Crippen LogP contribution in [0.15, 0.2) is 72.8 Å². The standard InChI is InChI=1S/C35H41F3O4/c1-2-3-4-6-9-14-27-17-19-28(20-18-27)29-21-23-30(24-22-29)33(39)42-32-16-11-10-15-31(32)34(40)41-26-13-8-5-7-12-25-35(36,37)38/h10-11,15-24H,2-9,12-14,25-26H2,1H3. The van der Waals surface area contributed by atoms with E-state index in [0.717, 1.165) is 17.5 Å². The van der Waals surface area contributed by atoms with Crippen LogP contribution in [0.25, 0.3) is 11.1 Å².